The molecule has 0 fully saturated rings. The Morgan fingerprint density at radius 3 is 2.61 bits per heavy atom. The van der Waals surface area contributed by atoms with Crippen LogP contribution in [0.3, 0.4) is 0 Å². The van der Waals surface area contributed by atoms with E-state index in [2.05, 4.69) is 49.1 Å². The summed E-state index contributed by atoms with van der Waals surface area (Å²) in [7, 11) is 5.71. The van der Waals surface area contributed by atoms with E-state index in [1.54, 1.807) is 19.2 Å². The molecule has 1 aliphatic rings. The lowest BCUT2D eigenvalue weighted by molar-refractivity contribution is 0.0589. The van der Waals surface area contributed by atoms with Gasteiger partial charge >= 0.3 is 0 Å². The van der Waals surface area contributed by atoms with E-state index in [1.165, 1.54) is 17.0 Å². The van der Waals surface area contributed by atoms with E-state index in [0.29, 0.717) is 17.9 Å². The van der Waals surface area contributed by atoms with Crippen LogP contribution in [0.1, 0.15) is 59.4 Å². The van der Waals surface area contributed by atoms with Crippen LogP contribution in [0.15, 0.2) is 72.8 Å². The summed E-state index contributed by atoms with van der Waals surface area (Å²) in [6.45, 7) is 2.77. The molecule has 198 valence electrons. The van der Waals surface area contributed by atoms with Crippen molar-refractivity contribution >= 4 is 16.8 Å². The first-order valence-corrected chi connectivity index (χ1v) is 13.4. The second-order valence-electron chi connectivity index (χ2n) is 10.4. The van der Waals surface area contributed by atoms with Gasteiger partial charge in [0.25, 0.3) is 5.91 Å². The number of carbonyl (C=O) groups is 1. The number of carbonyl (C=O) groups excluding carboxylic acids is 1. The number of rotatable bonds is 8. The maximum Gasteiger partial charge on any atom is 0.258 e. The third-order valence-electron chi connectivity index (χ3n) is 8.39. The topological polar surface area (TPSA) is 48.6 Å². The maximum atomic E-state index is 14.3. The minimum Gasteiger partial charge on any atom is -0.496 e. The first-order valence-electron chi connectivity index (χ1n) is 13.4. The van der Waals surface area contributed by atoms with Crippen molar-refractivity contribution in [1.29, 1.82) is 0 Å². The highest BCUT2D eigenvalue weighted by Gasteiger charge is 2.39. The fraction of sp³-hybridized carbons (Fsp3) is 0.344. The molecule has 1 aromatic heterocycles. The van der Waals surface area contributed by atoms with E-state index in [-0.39, 0.29) is 23.3 Å². The maximum absolute atomic E-state index is 14.3. The zero-order valence-corrected chi connectivity index (χ0v) is 22.6. The van der Waals surface area contributed by atoms with Gasteiger partial charge in [0.1, 0.15) is 11.6 Å². The quantitative estimate of drug-likeness (QED) is 0.285. The van der Waals surface area contributed by atoms with Gasteiger partial charge in [-0.15, -0.1) is 0 Å². The van der Waals surface area contributed by atoms with Gasteiger partial charge in [-0.3, -0.25) is 9.69 Å². The van der Waals surface area contributed by atoms with Gasteiger partial charge in [-0.1, -0.05) is 49.4 Å². The van der Waals surface area contributed by atoms with Gasteiger partial charge in [0.15, 0.2) is 0 Å². The van der Waals surface area contributed by atoms with Crippen LogP contribution in [-0.4, -0.2) is 48.4 Å². The Bertz CT molecular complexity index is 1450. The average molecular weight is 514 g/mol. The van der Waals surface area contributed by atoms with E-state index in [1.807, 2.05) is 41.3 Å². The van der Waals surface area contributed by atoms with Crippen LogP contribution >= 0.6 is 0 Å². The smallest absolute Gasteiger partial charge is 0.258 e. The Hall–Kier alpha value is -3.64. The van der Waals surface area contributed by atoms with Crippen LogP contribution < -0.4 is 4.74 Å². The van der Waals surface area contributed by atoms with E-state index in [0.717, 1.165) is 42.5 Å². The third kappa shape index (κ3) is 4.47. The van der Waals surface area contributed by atoms with Gasteiger partial charge in [-0.2, -0.15) is 0 Å². The standard InChI is InChI=1S/C32H36FN3O2/c1-5-32(35(2)3,22-11-10-12-23(33)21-22)19-17-28-30-25(24-13-6-8-15-27(24)34-30)18-20-36(28)31(37)26-14-7-9-16-29(26)38-4/h6-16,21,28,34H,5,17-20H2,1-4H3. The molecule has 2 unspecified atom stereocenters. The van der Waals surface area contributed by atoms with E-state index < -0.39 is 0 Å². The average Bonchev–Trinajstić information content (AvgIpc) is 3.32. The van der Waals surface area contributed by atoms with Crippen LogP contribution in [0.2, 0.25) is 0 Å². The molecule has 0 aliphatic carbocycles. The van der Waals surface area contributed by atoms with Crippen molar-refractivity contribution in [3.05, 3.63) is 101 Å². The van der Waals surface area contributed by atoms with Crippen molar-refractivity contribution in [2.75, 3.05) is 27.7 Å². The first kappa shape index (κ1) is 26.0. The highest BCUT2D eigenvalue weighted by Crippen LogP contribution is 2.43. The number of nitrogens with zero attached hydrogens (tertiary/aromatic N) is 2. The Balaban J connectivity index is 1.57. The van der Waals surface area contributed by atoms with Gasteiger partial charge in [-0.25, -0.2) is 4.39 Å². The number of nitrogens with one attached hydrogen (secondary N) is 1. The number of aromatic amines is 1. The molecule has 0 bridgehead atoms. The Morgan fingerprint density at radius 1 is 1.11 bits per heavy atom. The number of para-hydroxylation sites is 2. The fourth-order valence-electron chi connectivity index (χ4n) is 6.31. The molecule has 5 nitrogen and oxygen atoms in total. The Morgan fingerprint density at radius 2 is 1.87 bits per heavy atom. The van der Waals surface area contributed by atoms with E-state index in [4.69, 9.17) is 4.74 Å². The molecule has 3 aromatic carbocycles. The second kappa shape index (κ2) is 10.6. The van der Waals surface area contributed by atoms with Gasteiger partial charge in [0, 0.05) is 28.7 Å². The number of H-pyrrole nitrogens is 1. The molecule has 0 saturated carbocycles. The molecule has 1 aliphatic heterocycles. The van der Waals surface area contributed by atoms with Crippen molar-refractivity contribution < 1.29 is 13.9 Å². The number of aromatic nitrogens is 1. The van der Waals surface area contributed by atoms with Crippen LogP contribution in [0.5, 0.6) is 5.75 Å². The number of benzene rings is 3. The predicted molar refractivity (Wildman–Crippen MR) is 150 cm³/mol. The zero-order chi connectivity index (χ0) is 26.9. The van der Waals surface area contributed by atoms with Crippen LogP contribution in [0, 0.1) is 5.82 Å². The van der Waals surface area contributed by atoms with Crippen LogP contribution in [0.4, 0.5) is 4.39 Å². The molecule has 5 rings (SSSR count). The Kier molecular flexibility index (Phi) is 7.26. The van der Waals surface area contributed by atoms with Crippen molar-refractivity contribution in [3.8, 4) is 5.75 Å². The highest BCUT2D eigenvalue weighted by molar-refractivity contribution is 5.97. The summed E-state index contributed by atoms with van der Waals surface area (Å²) in [5, 5.41) is 1.22. The van der Waals surface area contributed by atoms with Gasteiger partial charge in [0.2, 0.25) is 0 Å². The van der Waals surface area contributed by atoms with Gasteiger partial charge in [-0.05, 0) is 81.2 Å². The predicted octanol–water partition coefficient (Wildman–Crippen LogP) is 6.70. The van der Waals surface area contributed by atoms with Gasteiger partial charge in [0.05, 0.1) is 18.7 Å². The molecule has 1 amide bonds. The molecule has 4 aromatic rings. The molecule has 6 heteroatoms. The minimum atomic E-state index is -0.370. The monoisotopic (exact) mass is 513 g/mol. The summed E-state index contributed by atoms with van der Waals surface area (Å²) in [4.78, 5) is 21.9. The zero-order valence-electron chi connectivity index (χ0n) is 22.6. The number of methoxy groups -OCH3 is 1. The largest absolute Gasteiger partial charge is 0.496 e. The minimum absolute atomic E-state index is 0.0329. The molecule has 0 radical (unpaired) electrons. The third-order valence-corrected chi connectivity index (χ3v) is 8.39. The first-order chi connectivity index (χ1) is 18.4. The molecule has 2 atom stereocenters. The lowest BCUT2D eigenvalue weighted by Gasteiger charge is -2.43. The second-order valence-corrected chi connectivity index (χ2v) is 10.4. The lowest BCUT2D eigenvalue weighted by Crippen LogP contribution is -2.44. The molecule has 2 heterocycles. The normalized spacial score (nSPS) is 16.9. The summed E-state index contributed by atoms with van der Waals surface area (Å²) in [6, 6.07) is 22.6. The number of ether oxygens (including phenoxy) is 1. The van der Waals surface area contributed by atoms with Crippen molar-refractivity contribution in [1.82, 2.24) is 14.8 Å². The molecular formula is C32H36FN3O2. The van der Waals surface area contributed by atoms with E-state index >= 15 is 0 Å². The SMILES string of the molecule is CCC(CCC1c2[nH]c3ccccc3c2CCN1C(=O)c1ccccc1OC)(c1cccc(F)c1)N(C)C. The molecule has 0 spiro atoms. The van der Waals surface area contributed by atoms with E-state index in [9.17, 15) is 9.18 Å². The fourth-order valence-corrected chi connectivity index (χ4v) is 6.31. The number of hydrogen-bond acceptors (Lipinski definition) is 3. The van der Waals surface area contributed by atoms with Crippen molar-refractivity contribution in [2.45, 2.75) is 44.2 Å². The molecular weight excluding hydrogens is 477 g/mol. The molecule has 1 N–H and O–H groups in total. The Labute approximate surface area is 224 Å². The summed E-state index contributed by atoms with van der Waals surface area (Å²) >= 11 is 0. The highest BCUT2D eigenvalue weighted by atomic mass is 19.1. The summed E-state index contributed by atoms with van der Waals surface area (Å²) < 4.78 is 19.9. The lowest BCUT2D eigenvalue weighted by atomic mass is 9.79. The van der Waals surface area contributed by atoms with Crippen molar-refractivity contribution in [3.63, 3.8) is 0 Å². The number of fused-ring (bicyclic) bond motifs is 3. The number of amides is 1. The van der Waals surface area contributed by atoms with Crippen LogP contribution in [0.25, 0.3) is 10.9 Å². The van der Waals surface area contributed by atoms with Crippen LogP contribution in [-0.2, 0) is 12.0 Å². The summed E-state index contributed by atoms with van der Waals surface area (Å²) in [5.74, 6) is 0.315. The van der Waals surface area contributed by atoms with Crippen molar-refractivity contribution in [2.24, 2.45) is 0 Å². The summed E-state index contributed by atoms with van der Waals surface area (Å²) in [5.41, 5.74) is 4.63. The van der Waals surface area contributed by atoms with Gasteiger partial charge < -0.3 is 14.6 Å². The summed E-state index contributed by atoms with van der Waals surface area (Å²) in [6.07, 6.45) is 3.09. The number of hydrogen-bond donors (Lipinski definition) is 1. The molecule has 38 heavy (non-hydrogen) atoms. The molecule has 0 saturated heterocycles. The number of halogens is 1.